The highest BCUT2D eigenvalue weighted by Crippen LogP contribution is 2.41. The van der Waals surface area contributed by atoms with Gasteiger partial charge in [0.05, 0.1) is 18.3 Å². The first-order valence-corrected chi connectivity index (χ1v) is 12.7. The van der Waals surface area contributed by atoms with E-state index in [2.05, 4.69) is 0 Å². The van der Waals surface area contributed by atoms with Crippen LogP contribution in [0.25, 0.3) is 0 Å². The van der Waals surface area contributed by atoms with Gasteiger partial charge in [-0.1, -0.05) is 18.6 Å². The number of esters is 1. The van der Waals surface area contributed by atoms with Crippen molar-refractivity contribution in [2.24, 2.45) is 17.8 Å². The molecule has 8 heteroatoms. The van der Waals surface area contributed by atoms with Crippen LogP contribution in [0.3, 0.4) is 0 Å². The van der Waals surface area contributed by atoms with E-state index in [4.69, 9.17) is 14.2 Å². The lowest BCUT2D eigenvalue weighted by molar-refractivity contribution is -0.147. The average Bonchev–Trinajstić information content (AvgIpc) is 3.07. The first kappa shape index (κ1) is 27.6. The molecule has 35 heavy (non-hydrogen) atoms. The molecule has 1 aromatic rings. The number of fused-ring (bicyclic) bond motifs is 1. The third kappa shape index (κ3) is 8.54. The molecule has 3 rings (SSSR count). The number of carbonyl (C=O) groups excluding carboxylic acids is 1. The molecule has 0 aromatic heterocycles. The van der Waals surface area contributed by atoms with E-state index in [9.17, 15) is 23.8 Å². The number of aliphatic hydroxyl groups excluding tert-OH is 2. The molecule has 2 fully saturated rings. The minimum Gasteiger partial charge on any atom is -0.487 e. The van der Waals surface area contributed by atoms with Gasteiger partial charge in [-0.2, -0.15) is 0 Å². The molecule has 0 amide bonds. The SMILES string of the molecule is CC(C)OC(=O)CCC[C@H]1CCC[C@@H]2[C@@H](/C=C/[C@@H](O)COc3cc(F)ccc3F)[C@H](O)C[C@@H]2OC1. The molecule has 6 atom stereocenters. The van der Waals surface area contributed by atoms with Gasteiger partial charge < -0.3 is 24.4 Å². The van der Waals surface area contributed by atoms with Crippen LogP contribution in [0.4, 0.5) is 8.78 Å². The molecule has 1 aliphatic carbocycles. The summed E-state index contributed by atoms with van der Waals surface area (Å²) in [6.07, 6.45) is 7.17. The number of hydrogen-bond donors (Lipinski definition) is 2. The van der Waals surface area contributed by atoms with Crippen molar-refractivity contribution in [3.05, 3.63) is 42.0 Å². The van der Waals surface area contributed by atoms with E-state index in [1.165, 1.54) is 0 Å². The van der Waals surface area contributed by atoms with Gasteiger partial charge in [0.1, 0.15) is 18.5 Å². The second kappa shape index (κ2) is 13.3. The highest BCUT2D eigenvalue weighted by atomic mass is 19.1. The Morgan fingerprint density at radius 3 is 2.86 bits per heavy atom. The molecule has 0 bridgehead atoms. The minimum atomic E-state index is -1.02. The van der Waals surface area contributed by atoms with Crippen LogP contribution in [0.1, 0.15) is 58.8 Å². The second-order valence-corrected chi connectivity index (χ2v) is 9.98. The number of hydrogen-bond acceptors (Lipinski definition) is 6. The lowest BCUT2D eigenvalue weighted by Gasteiger charge is -2.29. The van der Waals surface area contributed by atoms with Crippen molar-refractivity contribution in [3.63, 3.8) is 0 Å². The molecule has 6 nitrogen and oxygen atoms in total. The number of ether oxygens (including phenoxy) is 3. The van der Waals surface area contributed by atoms with Crippen LogP contribution >= 0.6 is 0 Å². The van der Waals surface area contributed by atoms with Gasteiger partial charge in [0.25, 0.3) is 0 Å². The molecular formula is C27H38F2O6. The Morgan fingerprint density at radius 1 is 1.29 bits per heavy atom. The third-order valence-electron chi connectivity index (χ3n) is 6.80. The van der Waals surface area contributed by atoms with E-state index in [-0.39, 0.29) is 42.4 Å². The molecule has 0 unspecified atom stereocenters. The first-order valence-electron chi connectivity index (χ1n) is 12.7. The number of rotatable bonds is 10. The molecule has 1 aliphatic heterocycles. The van der Waals surface area contributed by atoms with E-state index in [1.54, 1.807) is 12.2 Å². The number of halogens is 2. The Bertz CT molecular complexity index is 845. The highest BCUT2D eigenvalue weighted by molar-refractivity contribution is 5.69. The Kier molecular flexibility index (Phi) is 10.5. The van der Waals surface area contributed by atoms with Crippen molar-refractivity contribution in [2.75, 3.05) is 13.2 Å². The van der Waals surface area contributed by atoms with Gasteiger partial charge >= 0.3 is 5.97 Å². The fourth-order valence-electron chi connectivity index (χ4n) is 5.09. The monoisotopic (exact) mass is 496 g/mol. The van der Waals surface area contributed by atoms with Crippen molar-refractivity contribution in [1.82, 2.24) is 0 Å². The molecule has 0 spiro atoms. The summed E-state index contributed by atoms with van der Waals surface area (Å²) in [6, 6.07) is 2.91. The first-order chi connectivity index (χ1) is 16.7. The fraction of sp³-hybridized carbons (Fsp3) is 0.667. The number of carbonyl (C=O) groups is 1. The summed E-state index contributed by atoms with van der Waals surface area (Å²) in [5.74, 6) is -1.34. The van der Waals surface area contributed by atoms with Gasteiger partial charge in [-0.15, -0.1) is 0 Å². The molecular weight excluding hydrogens is 458 g/mol. The Labute approximate surface area is 206 Å². The summed E-state index contributed by atoms with van der Waals surface area (Å²) in [7, 11) is 0. The van der Waals surface area contributed by atoms with Gasteiger partial charge in [-0.05, 0) is 63.5 Å². The van der Waals surface area contributed by atoms with Crippen LogP contribution in [-0.2, 0) is 14.3 Å². The van der Waals surface area contributed by atoms with Crippen LogP contribution < -0.4 is 4.74 Å². The molecule has 1 heterocycles. The molecule has 196 valence electrons. The van der Waals surface area contributed by atoms with Gasteiger partial charge in [-0.25, -0.2) is 8.78 Å². The van der Waals surface area contributed by atoms with Crippen molar-refractivity contribution in [1.29, 1.82) is 0 Å². The standard InChI is InChI=1S/C27H38F2O6/c1-17(2)35-27(32)8-4-6-18-5-3-7-22-21(24(31)14-25(22)33-15-18)11-10-20(30)16-34-26-13-19(28)9-12-23(26)29/h9-13,17-18,20-22,24-25,30-31H,3-8,14-16H2,1-2H3/b11-10+/t18-,20-,21-,22-,24-,25+/m1/s1. The largest absolute Gasteiger partial charge is 0.487 e. The second-order valence-electron chi connectivity index (χ2n) is 9.98. The fourth-order valence-corrected chi connectivity index (χ4v) is 5.09. The minimum absolute atomic E-state index is 0.0526. The summed E-state index contributed by atoms with van der Waals surface area (Å²) in [5, 5.41) is 20.9. The van der Waals surface area contributed by atoms with E-state index in [0.29, 0.717) is 25.4 Å². The molecule has 2 N–H and O–H groups in total. The number of aliphatic hydroxyl groups is 2. The predicted molar refractivity (Wildman–Crippen MR) is 127 cm³/mol. The smallest absolute Gasteiger partial charge is 0.306 e. The lowest BCUT2D eigenvalue weighted by Crippen LogP contribution is -2.28. The van der Waals surface area contributed by atoms with Gasteiger partial charge in [0.2, 0.25) is 0 Å². The maximum atomic E-state index is 13.7. The summed E-state index contributed by atoms with van der Waals surface area (Å²) in [4.78, 5) is 11.7. The van der Waals surface area contributed by atoms with Crippen molar-refractivity contribution >= 4 is 5.97 Å². The summed E-state index contributed by atoms with van der Waals surface area (Å²) in [6.45, 7) is 4.08. The van der Waals surface area contributed by atoms with Crippen LogP contribution in [0.2, 0.25) is 0 Å². The normalized spacial score (nSPS) is 27.9. The quantitative estimate of drug-likeness (QED) is 0.365. The molecule has 1 saturated carbocycles. The zero-order valence-electron chi connectivity index (χ0n) is 20.6. The summed E-state index contributed by atoms with van der Waals surface area (Å²) in [5.41, 5.74) is 0. The molecule has 1 saturated heterocycles. The highest BCUT2D eigenvalue weighted by Gasteiger charge is 2.42. The topological polar surface area (TPSA) is 85.2 Å². The van der Waals surface area contributed by atoms with E-state index in [1.807, 2.05) is 13.8 Å². The maximum absolute atomic E-state index is 13.7. The Morgan fingerprint density at radius 2 is 2.09 bits per heavy atom. The lowest BCUT2D eigenvalue weighted by atomic mass is 9.85. The Balaban J connectivity index is 1.45. The van der Waals surface area contributed by atoms with Gasteiger partial charge in [0.15, 0.2) is 11.6 Å². The average molecular weight is 497 g/mol. The zero-order chi connectivity index (χ0) is 25.4. The van der Waals surface area contributed by atoms with E-state index in [0.717, 1.165) is 50.3 Å². The van der Waals surface area contributed by atoms with Crippen molar-refractivity contribution in [3.8, 4) is 5.75 Å². The van der Waals surface area contributed by atoms with E-state index < -0.39 is 23.8 Å². The van der Waals surface area contributed by atoms with Crippen LogP contribution in [0.5, 0.6) is 5.75 Å². The summed E-state index contributed by atoms with van der Waals surface area (Å²) < 4.78 is 43.5. The molecule has 0 radical (unpaired) electrons. The number of benzene rings is 1. The van der Waals surface area contributed by atoms with Crippen molar-refractivity contribution < 1.29 is 38.0 Å². The zero-order valence-corrected chi connectivity index (χ0v) is 20.6. The molecule has 2 aliphatic rings. The van der Waals surface area contributed by atoms with Crippen LogP contribution in [0.15, 0.2) is 30.4 Å². The molecule has 1 aromatic carbocycles. The van der Waals surface area contributed by atoms with Crippen LogP contribution in [0, 0.1) is 29.4 Å². The van der Waals surface area contributed by atoms with Gasteiger partial charge in [-0.3, -0.25) is 4.79 Å². The Hall–Kier alpha value is -2.03. The third-order valence-corrected chi connectivity index (χ3v) is 6.80. The summed E-state index contributed by atoms with van der Waals surface area (Å²) >= 11 is 0. The predicted octanol–water partition coefficient (Wildman–Crippen LogP) is 4.56. The van der Waals surface area contributed by atoms with Crippen LogP contribution in [-0.4, -0.2) is 53.8 Å². The van der Waals surface area contributed by atoms with Crippen molar-refractivity contribution in [2.45, 2.75) is 83.2 Å². The van der Waals surface area contributed by atoms with E-state index >= 15 is 0 Å². The maximum Gasteiger partial charge on any atom is 0.306 e. The van der Waals surface area contributed by atoms with Gasteiger partial charge in [0, 0.05) is 31.4 Å².